The van der Waals surface area contributed by atoms with E-state index in [0.29, 0.717) is 10.9 Å². The Hall–Kier alpha value is -3.97. The number of sulfonamides is 2. The molecule has 0 bridgehead atoms. The van der Waals surface area contributed by atoms with Crippen molar-refractivity contribution in [3.05, 3.63) is 96.8 Å². The number of rotatable bonds is 7. The molecule has 0 aliphatic carbocycles. The number of carbonyl (C=O) groups is 2. The molecule has 1 atom stereocenters. The predicted octanol–water partition coefficient (Wildman–Crippen LogP) is 2.41. The van der Waals surface area contributed by atoms with Crippen molar-refractivity contribution >= 4 is 48.3 Å². The number of aromatic nitrogens is 1. The number of carbonyl (C=O) groups excluding carboxylic acids is 2. The van der Waals surface area contributed by atoms with Crippen molar-refractivity contribution in [1.29, 1.82) is 0 Å². The van der Waals surface area contributed by atoms with Crippen LogP contribution in [-0.4, -0.2) is 44.0 Å². The summed E-state index contributed by atoms with van der Waals surface area (Å²) >= 11 is 0. The summed E-state index contributed by atoms with van der Waals surface area (Å²) in [5.74, 6) is -1.36. The third kappa shape index (κ3) is 4.82. The molecule has 0 spiro atoms. The standard InChI is InChI=1S/C26H22N4O6S2/c27-37(33,34)22-11-8-21(9-12-22)30-25(31)15-24(26(30)32)29(17-18-4-3-13-28-16-18)38(35,36)23-10-7-19-5-1-2-6-20(19)14-23/h1-14,16,24H,15,17H2,(H2,27,33,34). The van der Waals surface area contributed by atoms with Crippen molar-refractivity contribution in [2.24, 2.45) is 5.14 Å². The lowest BCUT2D eigenvalue weighted by Crippen LogP contribution is -2.45. The molecule has 2 N–H and O–H groups in total. The number of imide groups is 1. The van der Waals surface area contributed by atoms with Crippen molar-refractivity contribution in [3.63, 3.8) is 0 Å². The van der Waals surface area contributed by atoms with E-state index in [0.717, 1.165) is 14.6 Å². The van der Waals surface area contributed by atoms with Crippen LogP contribution in [0, 0.1) is 0 Å². The van der Waals surface area contributed by atoms with E-state index in [-0.39, 0.29) is 28.4 Å². The van der Waals surface area contributed by atoms with E-state index in [2.05, 4.69) is 4.98 Å². The zero-order chi connectivity index (χ0) is 27.1. The Morgan fingerprint density at radius 3 is 2.21 bits per heavy atom. The van der Waals surface area contributed by atoms with Crippen LogP contribution in [0.5, 0.6) is 0 Å². The second-order valence-corrected chi connectivity index (χ2v) is 12.2. The first-order valence-electron chi connectivity index (χ1n) is 11.4. The van der Waals surface area contributed by atoms with Crippen LogP contribution >= 0.6 is 0 Å². The fourth-order valence-corrected chi connectivity index (χ4v) is 6.52. The highest BCUT2D eigenvalue weighted by Crippen LogP contribution is 2.32. The summed E-state index contributed by atoms with van der Waals surface area (Å²) in [6.07, 6.45) is 2.65. The van der Waals surface area contributed by atoms with Crippen LogP contribution in [0.25, 0.3) is 10.8 Å². The van der Waals surface area contributed by atoms with Gasteiger partial charge in [0.1, 0.15) is 6.04 Å². The largest absolute Gasteiger partial charge is 0.274 e. The predicted molar refractivity (Wildman–Crippen MR) is 140 cm³/mol. The second kappa shape index (κ2) is 9.72. The lowest BCUT2D eigenvalue weighted by atomic mass is 10.1. The van der Waals surface area contributed by atoms with E-state index < -0.39 is 37.9 Å². The SMILES string of the molecule is NS(=O)(=O)c1ccc(N2C(=O)CC(N(Cc3cccnc3)S(=O)(=O)c3ccc4ccccc4c3)C2=O)cc1. The van der Waals surface area contributed by atoms with Gasteiger partial charge in [0, 0.05) is 18.9 Å². The van der Waals surface area contributed by atoms with Crippen LogP contribution in [0.15, 0.2) is 101 Å². The summed E-state index contributed by atoms with van der Waals surface area (Å²) in [4.78, 5) is 31.3. The van der Waals surface area contributed by atoms with Gasteiger partial charge < -0.3 is 0 Å². The summed E-state index contributed by atoms with van der Waals surface area (Å²) in [5, 5.41) is 6.70. The molecule has 3 aromatic carbocycles. The van der Waals surface area contributed by atoms with Gasteiger partial charge in [-0.25, -0.2) is 26.9 Å². The van der Waals surface area contributed by atoms with Crippen molar-refractivity contribution in [2.45, 2.75) is 28.8 Å². The molecule has 2 heterocycles. The van der Waals surface area contributed by atoms with Gasteiger partial charge in [0.2, 0.25) is 26.0 Å². The normalized spacial score (nSPS) is 16.5. The van der Waals surface area contributed by atoms with E-state index >= 15 is 0 Å². The maximum Gasteiger partial charge on any atom is 0.252 e. The minimum Gasteiger partial charge on any atom is -0.274 e. The van der Waals surface area contributed by atoms with Gasteiger partial charge in [-0.15, -0.1) is 0 Å². The van der Waals surface area contributed by atoms with Gasteiger partial charge in [0.05, 0.1) is 21.9 Å². The fraction of sp³-hybridized carbons (Fsp3) is 0.115. The number of amides is 2. The molecule has 10 nitrogen and oxygen atoms in total. The topological polar surface area (TPSA) is 148 Å². The molecule has 1 saturated heterocycles. The minimum atomic E-state index is -4.25. The smallest absolute Gasteiger partial charge is 0.252 e. The van der Waals surface area contributed by atoms with Crippen molar-refractivity contribution in [2.75, 3.05) is 4.90 Å². The summed E-state index contributed by atoms with van der Waals surface area (Å²) in [6, 6.07) is 18.9. The molecule has 12 heteroatoms. The van der Waals surface area contributed by atoms with Gasteiger partial charge in [0.25, 0.3) is 5.91 Å². The molecule has 1 unspecified atom stereocenters. The molecule has 5 rings (SSSR count). The van der Waals surface area contributed by atoms with Crippen LogP contribution in [0.1, 0.15) is 12.0 Å². The van der Waals surface area contributed by atoms with E-state index in [1.165, 1.54) is 42.6 Å². The lowest BCUT2D eigenvalue weighted by Gasteiger charge is -2.27. The molecule has 4 aromatic rings. The Balaban J connectivity index is 1.55. The average Bonchev–Trinajstić information content (AvgIpc) is 3.20. The number of anilines is 1. The van der Waals surface area contributed by atoms with Gasteiger partial charge in [-0.05, 0) is 58.8 Å². The number of pyridine rings is 1. The lowest BCUT2D eigenvalue weighted by molar-refractivity contribution is -0.122. The molecule has 1 fully saturated rings. The molecular weight excluding hydrogens is 528 g/mol. The second-order valence-electron chi connectivity index (χ2n) is 8.75. The third-order valence-corrected chi connectivity index (χ3v) is 9.06. The number of nitrogens with zero attached hydrogens (tertiary/aromatic N) is 3. The molecular formula is C26H22N4O6S2. The van der Waals surface area contributed by atoms with Crippen LogP contribution < -0.4 is 10.0 Å². The van der Waals surface area contributed by atoms with Crippen molar-refractivity contribution in [3.8, 4) is 0 Å². The van der Waals surface area contributed by atoms with E-state index in [4.69, 9.17) is 5.14 Å². The van der Waals surface area contributed by atoms with Crippen LogP contribution in [-0.2, 0) is 36.2 Å². The molecule has 0 saturated carbocycles. The Morgan fingerprint density at radius 2 is 1.55 bits per heavy atom. The van der Waals surface area contributed by atoms with Crippen LogP contribution in [0.3, 0.4) is 0 Å². The number of nitrogens with two attached hydrogens (primary N) is 1. The first kappa shape index (κ1) is 25.7. The highest BCUT2D eigenvalue weighted by Gasteiger charge is 2.47. The Bertz CT molecular complexity index is 1760. The number of hydrogen-bond acceptors (Lipinski definition) is 7. The zero-order valence-corrected chi connectivity index (χ0v) is 21.5. The highest BCUT2D eigenvalue weighted by molar-refractivity contribution is 7.89. The quantitative estimate of drug-likeness (QED) is 0.348. The molecule has 38 heavy (non-hydrogen) atoms. The summed E-state index contributed by atoms with van der Waals surface area (Å²) in [5.41, 5.74) is 0.646. The van der Waals surface area contributed by atoms with Gasteiger partial charge in [-0.3, -0.25) is 14.6 Å². The van der Waals surface area contributed by atoms with E-state index in [9.17, 15) is 26.4 Å². The average molecular weight is 551 g/mol. The minimum absolute atomic E-state index is 0.0173. The van der Waals surface area contributed by atoms with Crippen molar-refractivity contribution < 1.29 is 26.4 Å². The van der Waals surface area contributed by atoms with Gasteiger partial charge in [-0.2, -0.15) is 4.31 Å². The summed E-state index contributed by atoms with van der Waals surface area (Å²) < 4.78 is 52.1. The maximum atomic E-state index is 14.0. The highest BCUT2D eigenvalue weighted by atomic mass is 32.2. The van der Waals surface area contributed by atoms with Gasteiger partial charge in [-0.1, -0.05) is 36.4 Å². The number of hydrogen-bond donors (Lipinski definition) is 1. The summed E-state index contributed by atoms with van der Waals surface area (Å²) in [6.45, 7) is -0.190. The Kier molecular flexibility index (Phi) is 6.57. The number of benzene rings is 3. The van der Waals surface area contributed by atoms with Gasteiger partial charge in [0.15, 0.2) is 0 Å². The first-order chi connectivity index (χ1) is 18.1. The zero-order valence-electron chi connectivity index (χ0n) is 19.8. The first-order valence-corrected chi connectivity index (χ1v) is 14.4. The molecule has 0 radical (unpaired) electrons. The monoisotopic (exact) mass is 550 g/mol. The molecule has 1 aliphatic rings. The van der Waals surface area contributed by atoms with Gasteiger partial charge >= 0.3 is 0 Å². The molecule has 1 aliphatic heterocycles. The number of fused-ring (bicyclic) bond motifs is 1. The van der Waals surface area contributed by atoms with E-state index in [1.54, 1.807) is 36.5 Å². The van der Waals surface area contributed by atoms with Crippen molar-refractivity contribution in [1.82, 2.24) is 9.29 Å². The van der Waals surface area contributed by atoms with E-state index in [1.807, 2.05) is 12.1 Å². The molecule has 1 aromatic heterocycles. The maximum absolute atomic E-state index is 14.0. The molecule has 194 valence electrons. The molecule has 2 amide bonds. The Morgan fingerprint density at radius 1 is 0.868 bits per heavy atom. The summed E-state index contributed by atoms with van der Waals surface area (Å²) in [7, 11) is -8.23. The Labute approximate surface area is 219 Å². The fourth-order valence-electron chi connectivity index (χ4n) is 4.39. The van der Waals surface area contributed by atoms with Crippen LogP contribution in [0.4, 0.5) is 5.69 Å². The number of primary sulfonamides is 1. The third-order valence-electron chi connectivity index (χ3n) is 6.28. The van der Waals surface area contributed by atoms with Crippen LogP contribution in [0.2, 0.25) is 0 Å².